The summed E-state index contributed by atoms with van der Waals surface area (Å²) in [5, 5.41) is 20.0. The Labute approximate surface area is 123 Å². The lowest BCUT2D eigenvalue weighted by atomic mass is 10.1. The first-order chi connectivity index (χ1) is 9.90. The van der Waals surface area contributed by atoms with Crippen LogP contribution in [0.3, 0.4) is 0 Å². The van der Waals surface area contributed by atoms with Crippen LogP contribution in [0.1, 0.15) is 15.9 Å². The van der Waals surface area contributed by atoms with Crippen molar-refractivity contribution in [1.82, 2.24) is 4.98 Å². The normalized spacial score (nSPS) is 10.2. The number of aromatic carboxylic acids is 1. The molecule has 1 heterocycles. The Morgan fingerprint density at radius 1 is 1.43 bits per heavy atom. The first kappa shape index (κ1) is 14.7. The largest absolute Gasteiger partial charge is 0.477 e. The zero-order valence-corrected chi connectivity index (χ0v) is 11.5. The van der Waals surface area contributed by atoms with Crippen LogP contribution in [0.5, 0.6) is 11.6 Å². The van der Waals surface area contributed by atoms with E-state index >= 15 is 0 Å². The minimum atomic E-state index is -1.21. The predicted molar refractivity (Wildman–Crippen MR) is 74.1 cm³/mol. The zero-order chi connectivity index (χ0) is 15.6. The Morgan fingerprint density at radius 3 is 2.76 bits per heavy atom. The zero-order valence-electron chi connectivity index (χ0n) is 10.7. The number of aromatic nitrogens is 1. The van der Waals surface area contributed by atoms with Crippen molar-refractivity contribution in [1.29, 1.82) is 0 Å². The number of carbonyl (C=O) groups is 1. The molecular weight excluding hydrogens is 300 g/mol. The number of carboxylic acid groups (broad SMARTS) is 1. The maximum Gasteiger partial charge on any atom is 0.341 e. The van der Waals surface area contributed by atoms with Crippen LogP contribution in [0.15, 0.2) is 30.5 Å². The average molecular weight is 309 g/mol. The van der Waals surface area contributed by atoms with E-state index in [9.17, 15) is 20.0 Å². The highest BCUT2D eigenvalue weighted by molar-refractivity contribution is 6.32. The highest BCUT2D eigenvalue weighted by Crippen LogP contribution is 2.33. The smallest absolute Gasteiger partial charge is 0.341 e. The molecule has 0 radical (unpaired) electrons. The number of nitro groups is 1. The van der Waals surface area contributed by atoms with Crippen LogP contribution in [0, 0.1) is 17.0 Å². The summed E-state index contributed by atoms with van der Waals surface area (Å²) >= 11 is 5.90. The topological polar surface area (TPSA) is 103 Å². The van der Waals surface area contributed by atoms with Crippen LogP contribution >= 0.6 is 11.6 Å². The van der Waals surface area contributed by atoms with Gasteiger partial charge in [0.05, 0.1) is 16.0 Å². The molecule has 0 fully saturated rings. The molecule has 108 valence electrons. The number of pyridine rings is 1. The number of carboxylic acids is 1. The van der Waals surface area contributed by atoms with Gasteiger partial charge in [0.15, 0.2) is 5.75 Å². The van der Waals surface area contributed by atoms with E-state index in [0.717, 1.165) is 6.07 Å². The summed E-state index contributed by atoms with van der Waals surface area (Å²) < 4.78 is 5.34. The van der Waals surface area contributed by atoms with E-state index < -0.39 is 10.9 Å². The number of hydrogen-bond acceptors (Lipinski definition) is 5. The lowest BCUT2D eigenvalue weighted by molar-refractivity contribution is -0.384. The van der Waals surface area contributed by atoms with Gasteiger partial charge in [-0.2, -0.15) is 0 Å². The third-order valence-corrected chi connectivity index (χ3v) is 2.98. The average Bonchev–Trinajstić information content (AvgIpc) is 2.40. The summed E-state index contributed by atoms with van der Waals surface area (Å²) in [5.41, 5.74) is 0.105. The third-order valence-electron chi connectivity index (χ3n) is 2.67. The number of nitrogens with zero attached hydrogens (tertiary/aromatic N) is 2. The molecule has 2 rings (SSSR count). The molecule has 7 nitrogen and oxygen atoms in total. The number of ether oxygens (including phenoxy) is 1. The van der Waals surface area contributed by atoms with Crippen molar-refractivity contribution in [2.24, 2.45) is 0 Å². The molecule has 0 atom stereocenters. The molecule has 1 aromatic carbocycles. The monoisotopic (exact) mass is 308 g/mol. The third kappa shape index (κ3) is 3.09. The quantitative estimate of drug-likeness (QED) is 0.685. The van der Waals surface area contributed by atoms with Crippen molar-refractivity contribution in [2.45, 2.75) is 6.92 Å². The van der Waals surface area contributed by atoms with Crippen LogP contribution in [-0.4, -0.2) is 21.0 Å². The van der Waals surface area contributed by atoms with Crippen LogP contribution in [0.4, 0.5) is 5.69 Å². The molecule has 0 saturated heterocycles. The summed E-state index contributed by atoms with van der Waals surface area (Å²) in [4.78, 5) is 25.2. The van der Waals surface area contributed by atoms with Crippen molar-refractivity contribution in [3.8, 4) is 11.6 Å². The van der Waals surface area contributed by atoms with E-state index in [1.807, 2.05) is 0 Å². The Kier molecular flexibility index (Phi) is 4.04. The number of benzene rings is 1. The van der Waals surface area contributed by atoms with Gasteiger partial charge in [-0.15, -0.1) is 0 Å². The van der Waals surface area contributed by atoms with E-state index in [4.69, 9.17) is 16.3 Å². The maximum atomic E-state index is 11.2. The van der Waals surface area contributed by atoms with Gasteiger partial charge in [-0.05, 0) is 24.6 Å². The molecule has 0 aliphatic heterocycles. The van der Waals surface area contributed by atoms with Gasteiger partial charge in [0, 0.05) is 12.3 Å². The Morgan fingerprint density at radius 2 is 2.14 bits per heavy atom. The molecule has 1 N–H and O–H groups in total. The van der Waals surface area contributed by atoms with Gasteiger partial charge < -0.3 is 9.84 Å². The SMILES string of the molecule is Cc1ccnc(Oc2cc([N+](=O)[O-])ccc2Cl)c1C(=O)O. The van der Waals surface area contributed by atoms with Gasteiger partial charge in [-0.1, -0.05) is 11.6 Å². The molecule has 0 aliphatic rings. The first-order valence-electron chi connectivity index (χ1n) is 5.71. The number of rotatable bonds is 4. The summed E-state index contributed by atoms with van der Waals surface area (Å²) in [6, 6.07) is 5.14. The summed E-state index contributed by atoms with van der Waals surface area (Å²) in [6.07, 6.45) is 1.38. The lowest BCUT2D eigenvalue weighted by Gasteiger charge is -2.10. The Hall–Kier alpha value is -2.67. The highest BCUT2D eigenvalue weighted by atomic mass is 35.5. The molecule has 8 heteroatoms. The molecule has 0 spiro atoms. The molecule has 21 heavy (non-hydrogen) atoms. The Balaban J connectivity index is 2.48. The number of aryl methyl sites for hydroxylation is 1. The van der Waals surface area contributed by atoms with Crippen molar-refractivity contribution >= 4 is 23.3 Å². The highest BCUT2D eigenvalue weighted by Gasteiger charge is 2.19. The summed E-state index contributed by atoms with van der Waals surface area (Å²) in [6.45, 7) is 1.59. The van der Waals surface area contributed by atoms with E-state index in [1.165, 1.54) is 24.4 Å². The van der Waals surface area contributed by atoms with Crippen molar-refractivity contribution in [3.05, 3.63) is 56.7 Å². The molecule has 0 aliphatic carbocycles. The number of hydrogen-bond donors (Lipinski definition) is 1. The first-order valence-corrected chi connectivity index (χ1v) is 6.08. The predicted octanol–water partition coefficient (Wildman–Crippen LogP) is 3.44. The number of halogens is 1. The molecule has 0 unspecified atom stereocenters. The van der Waals surface area contributed by atoms with Crippen molar-refractivity contribution < 1.29 is 19.6 Å². The maximum absolute atomic E-state index is 11.2. The summed E-state index contributed by atoms with van der Waals surface area (Å²) in [7, 11) is 0. The van der Waals surface area contributed by atoms with E-state index in [1.54, 1.807) is 6.92 Å². The summed E-state index contributed by atoms with van der Waals surface area (Å²) in [5.74, 6) is -1.42. The van der Waals surface area contributed by atoms with E-state index in [0.29, 0.717) is 5.56 Å². The fourth-order valence-corrected chi connectivity index (χ4v) is 1.81. The molecule has 0 bridgehead atoms. The van der Waals surface area contributed by atoms with Gasteiger partial charge in [0.2, 0.25) is 5.88 Å². The molecule has 1 aromatic heterocycles. The van der Waals surface area contributed by atoms with Crippen LogP contribution in [-0.2, 0) is 0 Å². The fraction of sp³-hybridized carbons (Fsp3) is 0.0769. The van der Waals surface area contributed by atoms with Gasteiger partial charge in [0.25, 0.3) is 5.69 Å². The number of non-ortho nitro benzene ring substituents is 1. The second-order valence-electron chi connectivity index (χ2n) is 4.09. The van der Waals surface area contributed by atoms with Gasteiger partial charge in [-0.25, -0.2) is 9.78 Å². The molecule has 0 saturated carbocycles. The number of nitro benzene ring substituents is 1. The van der Waals surface area contributed by atoms with Crippen LogP contribution in [0.25, 0.3) is 0 Å². The minimum absolute atomic E-state index is 0.0357. The molecule has 2 aromatic rings. The van der Waals surface area contributed by atoms with Crippen LogP contribution < -0.4 is 4.74 Å². The molecule has 0 amide bonds. The Bertz CT molecular complexity index is 732. The van der Waals surface area contributed by atoms with Gasteiger partial charge >= 0.3 is 5.97 Å². The van der Waals surface area contributed by atoms with Crippen molar-refractivity contribution in [3.63, 3.8) is 0 Å². The standard InChI is InChI=1S/C13H9ClN2O5/c1-7-4-5-15-12(11(7)13(17)18)21-10-6-8(16(19)20)2-3-9(10)14/h2-6H,1H3,(H,17,18). The second-order valence-corrected chi connectivity index (χ2v) is 4.49. The van der Waals surface area contributed by atoms with Crippen molar-refractivity contribution in [2.75, 3.05) is 0 Å². The van der Waals surface area contributed by atoms with Crippen LogP contribution in [0.2, 0.25) is 5.02 Å². The second kappa shape index (κ2) is 5.76. The van der Waals surface area contributed by atoms with E-state index in [-0.39, 0.29) is 27.9 Å². The van der Waals surface area contributed by atoms with Gasteiger partial charge in [-0.3, -0.25) is 10.1 Å². The van der Waals surface area contributed by atoms with E-state index in [2.05, 4.69) is 4.98 Å². The minimum Gasteiger partial charge on any atom is -0.477 e. The molecular formula is C13H9ClN2O5. The lowest BCUT2D eigenvalue weighted by Crippen LogP contribution is -2.05. The fourth-order valence-electron chi connectivity index (χ4n) is 1.66. The van der Waals surface area contributed by atoms with Gasteiger partial charge in [0.1, 0.15) is 5.56 Å².